The molecule has 0 radical (unpaired) electrons. The number of anilines is 2. The summed E-state index contributed by atoms with van der Waals surface area (Å²) in [6, 6.07) is 1.16. The van der Waals surface area contributed by atoms with Gasteiger partial charge in [-0.15, -0.1) is 0 Å². The average Bonchev–Trinajstić information content (AvgIpc) is 2.67. The first-order chi connectivity index (χ1) is 9.16. The number of aromatic nitrogens is 2. The number of rotatable bonds is 4. The average molecular weight is 264 g/mol. The zero-order valence-electron chi connectivity index (χ0n) is 11.2. The van der Waals surface area contributed by atoms with Crippen molar-refractivity contribution in [2.75, 3.05) is 23.3 Å². The van der Waals surface area contributed by atoms with Gasteiger partial charge in [0.1, 0.15) is 24.0 Å². The summed E-state index contributed by atoms with van der Waals surface area (Å²) < 4.78 is 0. The van der Waals surface area contributed by atoms with Crippen LogP contribution in [-0.4, -0.2) is 40.2 Å². The summed E-state index contributed by atoms with van der Waals surface area (Å²) in [5.74, 6) is 0.538. The number of carboxylic acid groups (broad SMARTS) is 1. The molecule has 2 rings (SSSR count). The van der Waals surface area contributed by atoms with Gasteiger partial charge in [-0.2, -0.15) is 0 Å². The highest BCUT2D eigenvalue weighted by Gasteiger charge is 2.14. The van der Waals surface area contributed by atoms with Gasteiger partial charge >= 0.3 is 5.97 Å². The molecule has 1 aliphatic rings. The Balaban J connectivity index is 2.07. The molecule has 104 valence electrons. The summed E-state index contributed by atoms with van der Waals surface area (Å²) in [5.41, 5.74) is 0. The highest BCUT2D eigenvalue weighted by Crippen LogP contribution is 2.19. The molecule has 6 heteroatoms. The predicted octanol–water partition coefficient (Wildman–Crippen LogP) is 1.74. The monoisotopic (exact) mass is 264 g/mol. The Labute approximate surface area is 112 Å². The van der Waals surface area contributed by atoms with Crippen LogP contribution in [0.3, 0.4) is 0 Å². The lowest BCUT2D eigenvalue weighted by Crippen LogP contribution is -2.27. The number of nitrogens with one attached hydrogen (secondary N) is 1. The van der Waals surface area contributed by atoms with Crippen LogP contribution in [0.25, 0.3) is 0 Å². The number of hydrogen-bond donors (Lipinski definition) is 2. The molecular formula is C13H20N4O2. The molecule has 6 nitrogen and oxygen atoms in total. The fourth-order valence-electron chi connectivity index (χ4n) is 2.18. The van der Waals surface area contributed by atoms with E-state index in [-0.39, 0.29) is 0 Å². The first-order valence-corrected chi connectivity index (χ1v) is 6.73. The topological polar surface area (TPSA) is 78.3 Å². The summed E-state index contributed by atoms with van der Waals surface area (Å²) in [4.78, 5) is 21.4. The van der Waals surface area contributed by atoms with Crippen molar-refractivity contribution in [3.8, 4) is 0 Å². The van der Waals surface area contributed by atoms with Crippen molar-refractivity contribution in [2.24, 2.45) is 0 Å². The molecule has 1 aliphatic heterocycles. The second-order valence-corrected chi connectivity index (χ2v) is 4.87. The second-order valence-electron chi connectivity index (χ2n) is 4.87. The zero-order chi connectivity index (χ0) is 13.7. The summed E-state index contributed by atoms with van der Waals surface area (Å²) >= 11 is 0. The largest absolute Gasteiger partial charge is 0.480 e. The Morgan fingerprint density at radius 3 is 2.63 bits per heavy atom. The Hall–Kier alpha value is -1.85. The molecule has 0 amide bonds. The Bertz CT molecular complexity index is 430. The third-order valence-corrected chi connectivity index (χ3v) is 3.32. The summed E-state index contributed by atoms with van der Waals surface area (Å²) in [6.07, 6.45) is 6.37. The van der Waals surface area contributed by atoms with Crippen LogP contribution >= 0.6 is 0 Å². The van der Waals surface area contributed by atoms with E-state index in [0.29, 0.717) is 5.82 Å². The van der Waals surface area contributed by atoms with E-state index in [1.54, 1.807) is 6.92 Å². The molecule has 1 saturated heterocycles. The van der Waals surface area contributed by atoms with Crippen molar-refractivity contribution in [1.29, 1.82) is 0 Å². The van der Waals surface area contributed by atoms with Gasteiger partial charge in [-0.25, -0.2) is 9.97 Å². The predicted molar refractivity (Wildman–Crippen MR) is 73.4 cm³/mol. The molecule has 19 heavy (non-hydrogen) atoms. The normalized spacial score (nSPS) is 17.6. The third kappa shape index (κ3) is 3.81. The van der Waals surface area contributed by atoms with Crippen molar-refractivity contribution in [1.82, 2.24) is 9.97 Å². The molecule has 1 atom stereocenters. The molecule has 0 aromatic carbocycles. The Morgan fingerprint density at radius 1 is 1.32 bits per heavy atom. The van der Waals surface area contributed by atoms with Crippen molar-refractivity contribution >= 4 is 17.6 Å². The number of carbonyl (C=O) groups is 1. The van der Waals surface area contributed by atoms with Crippen LogP contribution in [0.1, 0.15) is 32.6 Å². The van der Waals surface area contributed by atoms with Gasteiger partial charge in [-0.05, 0) is 19.8 Å². The second kappa shape index (κ2) is 6.36. The van der Waals surface area contributed by atoms with E-state index in [0.717, 1.165) is 18.9 Å². The van der Waals surface area contributed by atoms with E-state index in [1.807, 2.05) is 6.07 Å². The van der Waals surface area contributed by atoms with Crippen LogP contribution in [0.5, 0.6) is 0 Å². The van der Waals surface area contributed by atoms with Crippen LogP contribution in [0, 0.1) is 0 Å². The highest BCUT2D eigenvalue weighted by molar-refractivity contribution is 5.76. The number of hydrogen-bond acceptors (Lipinski definition) is 5. The highest BCUT2D eigenvalue weighted by atomic mass is 16.4. The molecule has 0 spiro atoms. The quantitative estimate of drug-likeness (QED) is 0.862. The standard InChI is InChI=1S/C13H20N4O2/c1-10(13(18)19)16-11-8-12(15-9-14-11)17-6-4-2-3-5-7-17/h8-10H,2-7H2,1H3,(H,18,19)(H,14,15,16). The van der Waals surface area contributed by atoms with Crippen LogP contribution in [-0.2, 0) is 4.79 Å². The third-order valence-electron chi connectivity index (χ3n) is 3.32. The van der Waals surface area contributed by atoms with E-state index in [9.17, 15) is 4.79 Å². The van der Waals surface area contributed by atoms with Crippen LogP contribution in [0.4, 0.5) is 11.6 Å². The maximum absolute atomic E-state index is 10.8. The Morgan fingerprint density at radius 2 is 2.00 bits per heavy atom. The van der Waals surface area contributed by atoms with E-state index < -0.39 is 12.0 Å². The van der Waals surface area contributed by atoms with Crippen molar-refractivity contribution in [3.05, 3.63) is 12.4 Å². The van der Waals surface area contributed by atoms with E-state index >= 15 is 0 Å². The molecule has 1 aromatic heterocycles. The maximum Gasteiger partial charge on any atom is 0.325 e. The fourth-order valence-corrected chi connectivity index (χ4v) is 2.18. The number of carboxylic acids is 1. The van der Waals surface area contributed by atoms with Gasteiger partial charge in [-0.1, -0.05) is 12.8 Å². The van der Waals surface area contributed by atoms with E-state index in [2.05, 4.69) is 20.2 Å². The summed E-state index contributed by atoms with van der Waals surface area (Å²) in [6.45, 7) is 3.60. The molecule has 1 aromatic rings. The smallest absolute Gasteiger partial charge is 0.325 e. The SMILES string of the molecule is CC(Nc1cc(N2CCCCCC2)ncn1)C(=O)O. The van der Waals surface area contributed by atoms with Crippen molar-refractivity contribution < 1.29 is 9.90 Å². The molecule has 1 unspecified atom stereocenters. The first-order valence-electron chi connectivity index (χ1n) is 6.73. The fraction of sp³-hybridized carbons (Fsp3) is 0.615. The molecule has 0 aliphatic carbocycles. The van der Waals surface area contributed by atoms with Crippen LogP contribution in [0.15, 0.2) is 12.4 Å². The van der Waals surface area contributed by atoms with E-state index in [1.165, 1.54) is 32.0 Å². The van der Waals surface area contributed by atoms with Gasteiger partial charge in [0.25, 0.3) is 0 Å². The number of aliphatic carboxylic acids is 1. The lowest BCUT2D eigenvalue weighted by Gasteiger charge is -2.21. The molecular weight excluding hydrogens is 244 g/mol. The van der Waals surface area contributed by atoms with Gasteiger partial charge in [-0.3, -0.25) is 4.79 Å². The molecule has 2 heterocycles. The van der Waals surface area contributed by atoms with Gasteiger partial charge in [0.05, 0.1) is 0 Å². The lowest BCUT2D eigenvalue weighted by molar-refractivity contribution is -0.137. The maximum atomic E-state index is 10.8. The lowest BCUT2D eigenvalue weighted by atomic mass is 10.2. The van der Waals surface area contributed by atoms with Crippen LogP contribution in [0.2, 0.25) is 0 Å². The minimum absolute atomic E-state index is 0.559. The Kier molecular flexibility index (Phi) is 4.54. The molecule has 2 N–H and O–H groups in total. The molecule has 0 bridgehead atoms. The van der Waals surface area contributed by atoms with E-state index in [4.69, 9.17) is 5.11 Å². The van der Waals surface area contributed by atoms with Gasteiger partial charge in [0.15, 0.2) is 0 Å². The van der Waals surface area contributed by atoms with Gasteiger partial charge in [0, 0.05) is 19.2 Å². The number of nitrogens with zero attached hydrogens (tertiary/aromatic N) is 3. The van der Waals surface area contributed by atoms with Gasteiger partial charge in [0.2, 0.25) is 0 Å². The summed E-state index contributed by atoms with van der Waals surface area (Å²) in [5, 5.41) is 11.7. The first kappa shape index (κ1) is 13.6. The van der Waals surface area contributed by atoms with Crippen LogP contribution < -0.4 is 10.2 Å². The van der Waals surface area contributed by atoms with Gasteiger partial charge < -0.3 is 15.3 Å². The van der Waals surface area contributed by atoms with Crippen molar-refractivity contribution in [3.63, 3.8) is 0 Å². The molecule has 0 saturated carbocycles. The molecule has 1 fully saturated rings. The van der Waals surface area contributed by atoms with Crippen molar-refractivity contribution in [2.45, 2.75) is 38.6 Å². The minimum atomic E-state index is -0.894. The zero-order valence-corrected chi connectivity index (χ0v) is 11.2. The minimum Gasteiger partial charge on any atom is -0.480 e. The summed E-state index contributed by atoms with van der Waals surface area (Å²) in [7, 11) is 0.